The van der Waals surface area contributed by atoms with Gasteiger partial charge in [0, 0.05) is 12.7 Å². The summed E-state index contributed by atoms with van der Waals surface area (Å²) in [6, 6.07) is 1.55. The Bertz CT molecular complexity index is 444. The van der Waals surface area contributed by atoms with E-state index >= 15 is 0 Å². The molecule has 1 N–H and O–H groups in total. The zero-order chi connectivity index (χ0) is 10.2. The number of fused-ring (bicyclic) bond motifs is 1. The standard InChI is InChI=1S/C8H10N2O3S/c1-6-4-10-14(11,12)8-5-9-3-2-7(8)13-6/h2-3,5-6,10H,4H2,1H3/t6-/m0/s1. The lowest BCUT2D eigenvalue weighted by Gasteiger charge is -2.09. The van der Waals surface area contributed by atoms with Crippen LogP contribution in [0.1, 0.15) is 6.92 Å². The monoisotopic (exact) mass is 214 g/mol. The van der Waals surface area contributed by atoms with Crippen molar-refractivity contribution in [1.29, 1.82) is 0 Å². The Morgan fingerprint density at radius 2 is 2.43 bits per heavy atom. The molecule has 0 aromatic carbocycles. The molecule has 1 aliphatic heterocycles. The van der Waals surface area contributed by atoms with Gasteiger partial charge in [0.15, 0.2) is 0 Å². The third kappa shape index (κ3) is 1.58. The van der Waals surface area contributed by atoms with E-state index in [1.807, 2.05) is 0 Å². The van der Waals surface area contributed by atoms with E-state index in [0.717, 1.165) is 0 Å². The summed E-state index contributed by atoms with van der Waals surface area (Å²) in [5.74, 6) is 0.359. The SMILES string of the molecule is C[C@H]1CNS(=O)(=O)c2cnccc2O1. The molecule has 1 aromatic rings. The number of ether oxygens (including phenoxy) is 1. The van der Waals surface area contributed by atoms with Gasteiger partial charge in [-0.25, -0.2) is 13.1 Å². The highest BCUT2D eigenvalue weighted by Crippen LogP contribution is 2.24. The second-order valence-corrected chi connectivity index (χ2v) is 4.84. The molecular formula is C8H10N2O3S. The molecule has 76 valence electrons. The summed E-state index contributed by atoms with van der Waals surface area (Å²) >= 11 is 0. The lowest BCUT2D eigenvalue weighted by Crippen LogP contribution is -2.29. The van der Waals surface area contributed by atoms with Gasteiger partial charge >= 0.3 is 0 Å². The van der Waals surface area contributed by atoms with E-state index in [1.54, 1.807) is 13.0 Å². The van der Waals surface area contributed by atoms with Crippen LogP contribution in [0.3, 0.4) is 0 Å². The van der Waals surface area contributed by atoms with Crippen molar-refractivity contribution in [3.63, 3.8) is 0 Å². The highest BCUT2D eigenvalue weighted by molar-refractivity contribution is 7.89. The molecule has 0 unspecified atom stereocenters. The summed E-state index contributed by atoms with van der Waals surface area (Å²) in [4.78, 5) is 3.86. The van der Waals surface area contributed by atoms with E-state index in [4.69, 9.17) is 4.74 Å². The molecule has 1 atom stereocenters. The van der Waals surface area contributed by atoms with E-state index in [1.165, 1.54) is 12.4 Å². The first-order chi connectivity index (χ1) is 6.59. The minimum Gasteiger partial charge on any atom is -0.488 e. The van der Waals surface area contributed by atoms with Gasteiger partial charge in [-0.2, -0.15) is 0 Å². The van der Waals surface area contributed by atoms with Crippen molar-refractivity contribution in [2.75, 3.05) is 6.54 Å². The largest absolute Gasteiger partial charge is 0.488 e. The number of nitrogens with one attached hydrogen (secondary N) is 1. The summed E-state index contributed by atoms with van der Waals surface area (Å²) in [5.41, 5.74) is 0. The van der Waals surface area contributed by atoms with Crippen LogP contribution in [0, 0.1) is 0 Å². The van der Waals surface area contributed by atoms with Gasteiger partial charge in [-0.05, 0) is 13.0 Å². The van der Waals surface area contributed by atoms with Crippen molar-refractivity contribution in [2.45, 2.75) is 17.9 Å². The van der Waals surface area contributed by atoms with Crippen molar-refractivity contribution in [3.05, 3.63) is 18.5 Å². The van der Waals surface area contributed by atoms with Crippen molar-refractivity contribution in [3.8, 4) is 5.75 Å². The maximum Gasteiger partial charge on any atom is 0.245 e. The number of aromatic nitrogens is 1. The molecule has 6 heteroatoms. The van der Waals surface area contributed by atoms with Crippen LogP contribution in [0.15, 0.2) is 23.4 Å². The number of hydrogen-bond acceptors (Lipinski definition) is 4. The molecule has 14 heavy (non-hydrogen) atoms. The fourth-order valence-electron chi connectivity index (χ4n) is 1.23. The summed E-state index contributed by atoms with van der Waals surface area (Å²) < 4.78 is 31.1. The molecule has 5 nitrogen and oxygen atoms in total. The van der Waals surface area contributed by atoms with E-state index in [9.17, 15) is 8.42 Å². The van der Waals surface area contributed by atoms with Crippen LogP contribution >= 0.6 is 0 Å². The molecule has 2 heterocycles. The molecule has 0 aliphatic carbocycles. The Labute approximate surface area is 82.2 Å². The van der Waals surface area contributed by atoms with Crippen molar-refractivity contribution >= 4 is 10.0 Å². The molecule has 0 bridgehead atoms. The van der Waals surface area contributed by atoms with Gasteiger partial charge in [0.1, 0.15) is 16.7 Å². The molecular weight excluding hydrogens is 204 g/mol. The molecule has 1 aromatic heterocycles. The van der Waals surface area contributed by atoms with Crippen LogP contribution in [-0.2, 0) is 10.0 Å². The Kier molecular flexibility index (Phi) is 2.16. The third-order valence-electron chi connectivity index (χ3n) is 1.93. The minimum atomic E-state index is -3.45. The van der Waals surface area contributed by atoms with E-state index < -0.39 is 10.0 Å². The minimum absolute atomic E-state index is 0.101. The number of rotatable bonds is 0. The summed E-state index contributed by atoms with van der Waals surface area (Å²) in [5, 5.41) is 0. The smallest absolute Gasteiger partial charge is 0.245 e. The lowest BCUT2D eigenvalue weighted by molar-refractivity contribution is 0.224. The Morgan fingerprint density at radius 1 is 1.64 bits per heavy atom. The van der Waals surface area contributed by atoms with Crippen LogP contribution in [0.25, 0.3) is 0 Å². The van der Waals surface area contributed by atoms with Crippen LogP contribution in [0.4, 0.5) is 0 Å². The number of sulfonamides is 1. The van der Waals surface area contributed by atoms with Crippen LogP contribution in [0.2, 0.25) is 0 Å². The molecule has 0 radical (unpaired) electrons. The van der Waals surface area contributed by atoms with Crippen LogP contribution in [-0.4, -0.2) is 26.1 Å². The maximum absolute atomic E-state index is 11.6. The summed E-state index contributed by atoms with van der Waals surface area (Å²) in [6.45, 7) is 2.08. The van der Waals surface area contributed by atoms with Crippen molar-refractivity contribution in [1.82, 2.24) is 9.71 Å². The van der Waals surface area contributed by atoms with E-state index in [-0.39, 0.29) is 17.5 Å². The van der Waals surface area contributed by atoms with Gasteiger partial charge in [-0.1, -0.05) is 0 Å². The highest BCUT2D eigenvalue weighted by Gasteiger charge is 2.25. The average molecular weight is 214 g/mol. The first-order valence-electron chi connectivity index (χ1n) is 4.20. The lowest BCUT2D eigenvalue weighted by atomic mass is 10.4. The zero-order valence-electron chi connectivity index (χ0n) is 7.60. The van der Waals surface area contributed by atoms with Gasteiger partial charge < -0.3 is 4.74 Å². The summed E-state index contributed by atoms with van der Waals surface area (Å²) in [6.07, 6.45) is 2.62. The fourth-order valence-corrected chi connectivity index (χ4v) is 2.42. The average Bonchev–Trinajstić information content (AvgIpc) is 2.25. The first kappa shape index (κ1) is 9.42. The number of pyridine rings is 1. The Hall–Kier alpha value is -1.14. The quantitative estimate of drug-likeness (QED) is 0.667. The van der Waals surface area contributed by atoms with Gasteiger partial charge in [-0.15, -0.1) is 0 Å². The predicted molar refractivity (Wildman–Crippen MR) is 49.5 cm³/mol. The summed E-state index contributed by atoms with van der Waals surface area (Å²) in [7, 11) is -3.45. The molecule has 0 fully saturated rings. The predicted octanol–water partition coefficient (Wildman–Crippen LogP) is 0.141. The molecule has 0 saturated heterocycles. The molecule has 1 aliphatic rings. The van der Waals surface area contributed by atoms with Gasteiger partial charge in [-0.3, -0.25) is 4.98 Å². The number of nitrogens with zero attached hydrogens (tertiary/aromatic N) is 1. The zero-order valence-corrected chi connectivity index (χ0v) is 8.41. The van der Waals surface area contributed by atoms with Gasteiger partial charge in [0.05, 0.1) is 6.20 Å². The van der Waals surface area contributed by atoms with Crippen LogP contribution in [0.5, 0.6) is 5.75 Å². The molecule has 0 saturated carbocycles. The maximum atomic E-state index is 11.6. The topological polar surface area (TPSA) is 68.3 Å². The first-order valence-corrected chi connectivity index (χ1v) is 5.68. The Balaban J connectivity index is 2.58. The molecule has 0 amide bonds. The van der Waals surface area contributed by atoms with Crippen molar-refractivity contribution in [2.24, 2.45) is 0 Å². The molecule has 2 rings (SSSR count). The van der Waals surface area contributed by atoms with Gasteiger partial charge in [0.2, 0.25) is 10.0 Å². The van der Waals surface area contributed by atoms with Crippen molar-refractivity contribution < 1.29 is 13.2 Å². The fraction of sp³-hybridized carbons (Fsp3) is 0.375. The Morgan fingerprint density at radius 3 is 3.21 bits per heavy atom. The second kappa shape index (κ2) is 3.21. The number of hydrogen-bond donors (Lipinski definition) is 1. The van der Waals surface area contributed by atoms with E-state index in [2.05, 4.69) is 9.71 Å². The normalized spacial score (nSPS) is 24.5. The second-order valence-electron chi connectivity index (χ2n) is 3.10. The molecule has 0 spiro atoms. The third-order valence-corrected chi connectivity index (χ3v) is 3.36. The van der Waals surface area contributed by atoms with E-state index in [0.29, 0.717) is 5.75 Å². The highest BCUT2D eigenvalue weighted by atomic mass is 32.2. The van der Waals surface area contributed by atoms with Crippen LogP contribution < -0.4 is 9.46 Å². The van der Waals surface area contributed by atoms with Gasteiger partial charge in [0.25, 0.3) is 0 Å².